The largest absolute Gasteiger partial charge is 0.475 e. The topological polar surface area (TPSA) is 153 Å². The zero-order valence-electron chi connectivity index (χ0n) is 22.8. The van der Waals surface area contributed by atoms with Crippen LogP contribution in [-0.2, 0) is 10.8 Å². The van der Waals surface area contributed by atoms with Crippen LogP contribution in [0.5, 0.6) is 0 Å². The lowest BCUT2D eigenvalue weighted by atomic mass is 10.00. The van der Waals surface area contributed by atoms with Gasteiger partial charge in [-0.25, -0.2) is 4.79 Å². The molecule has 0 spiro atoms. The Morgan fingerprint density at radius 2 is 1.73 bits per heavy atom. The third-order valence-corrected chi connectivity index (χ3v) is 7.19. The second-order valence-electron chi connectivity index (χ2n) is 9.74. The summed E-state index contributed by atoms with van der Waals surface area (Å²) >= 11 is 6.69. The van der Waals surface area contributed by atoms with Crippen molar-refractivity contribution in [3.05, 3.63) is 113 Å². The van der Waals surface area contributed by atoms with E-state index < -0.39 is 18.1 Å². The Bertz CT molecular complexity index is 1890. The Hall–Kier alpha value is -5.59. The predicted molar refractivity (Wildman–Crippen MR) is 159 cm³/mol. The number of nitrogens with one attached hydrogen (secondary N) is 2. The maximum Gasteiger partial charge on any atom is 0.442 e. The van der Waals surface area contributed by atoms with Gasteiger partial charge in [0.1, 0.15) is 11.8 Å². The second kappa shape index (κ2) is 12.7. The summed E-state index contributed by atoms with van der Waals surface area (Å²) in [7, 11) is 0. The molecule has 2 atom stereocenters. The summed E-state index contributed by atoms with van der Waals surface area (Å²) in [6.45, 7) is 0. The number of anilines is 2. The normalized spacial score (nSPS) is 12.6. The number of aliphatic carboxylic acids is 1. The van der Waals surface area contributed by atoms with E-state index in [1.807, 2.05) is 30.3 Å². The van der Waals surface area contributed by atoms with Crippen LogP contribution in [0.4, 0.5) is 20.2 Å². The minimum Gasteiger partial charge on any atom is -0.475 e. The molecule has 0 bridgehead atoms. The quantitative estimate of drug-likeness (QED) is 0.149. The first-order valence-electron chi connectivity index (χ1n) is 13.3. The highest BCUT2D eigenvalue weighted by Gasteiger charge is 2.43. The maximum absolute atomic E-state index is 14.2. The second-order valence-corrected chi connectivity index (χ2v) is 10.1. The van der Waals surface area contributed by atoms with Crippen LogP contribution in [0.3, 0.4) is 0 Å². The van der Waals surface area contributed by atoms with Crippen molar-refractivity contribution in [2.45, 2.75) is 31.0 Å². The monoisotopic (exact) mass is 612 g/mol. The molecule has 2 unspecified atom stereocenters. The molecule has 0 aliphatic carbocycles. The average Bonchev–Trinajstić information content (AvgIpc) is 3.54. The van der Waals surface area contributed by atoms with E-state index in [9.17, 15) is 24.1 Å². The molecule has 0 aliphatic rings. The number of nitrogens with zero attached hydrogens (tertiary/aromatic N) is 6. The van der Waals surface area contributed by atoms with E-state index in [2.05, 4.69) is 38.1 Å². The number of fused-ring (bicyclic) bond motifs is 1. The predicted octanol–water partition coefficient (Wildman–Crippen LogP) is 6.64. The number of pyridine rings is 1. The van der Waals surface area contributed by atoms with Crippen molar-refractivity contribution in [1.82, 2.24) is 20.0 Å². The Morgan fingerprint density at radius 3 is 2.36 bits per heavy atom. The summed E-state index contributed by atoms with van der Waals surface area (Å²) in [4.78, 5) is 15.5. The molecule has 0 aliphatic heterocycles. The highest BCUT2D eigenvalue weighted by molar-refractivity contribution is 6.35. The van der Waals surface area contributed by atoms with E-state index in [1.54, 1.807) is 42.5 Å². The van der Waals surface area contributed by atoms with Crippen LogP contribution < -0.4 is 10.6 Å². The Balaban J connectivity index is 1.60. The SMILES string of the molecule is N#CCCC(Nc1c(C#N)cnc2c(Cl)cc(NC(c3ccccc3)c3cn(C(F)(F)C(=O)O)nn3)cc12)c1ccccc1. The van der Waals surface area contributed by atoms with Gasteiger partial charge in [0.2, 0.25) is 0 Å². The van der Waals surface area contributed by atoms with Gasteiger partial charge in [0.15, 0.2) is 0 Å². The van der Waals surface area contributed by atoms with Crippen LogP contribution in [0.1, 0.15) is 47.3 Å². The molecule has 0 saturated carbocycles. The molecule has 3 aromatic carbocycles. The molecular weight excluding hydrogens is 590 g/mol. The van der Waals surface area contributed by atoms with Crippen molar-refractivity contribution >= 4 is 39.8 Å². The van der Waals surface area contributed by atoms with Crippen molar-refractivity contribution in [1.29, 1.82) is 10.5 Å². The molecule has 44 heavy (non-hydrogen) atoms. The van der Waals surface area contributed by atoms with E-state index in [1.165, 1.54) is 6.20 Å². The number of halogens is 3. The molecule has 0 radical (unpaired) electrons. The number of carboxylic acid groups (broad SMARTS) is 1. The Morgan fingerprint density at radius 1 is 1.05 bits per heavy atom. The van der Waals surface area contributed by atoms with E-state index in [4.69, 9.17) is 16.7 Å². The molecule has 5 rings (SSSR count). The smallest absolute Gasteiger partial charge is 0.442 e. The van der Waals surface area contributed by atoms with Gasteiger partial charge in [-0.1, -0.05) is 77.5 Å². The standard InChI is InChI=1S/C31H23ClF2N8O2/c32-24-15-22(38-28(20-10-5-2-6-11-20)26-18-42(41-40-26)31(33,34)30(43)44)14-23-27(21(16-36)17-37-29(23)24)39-25(12-7-13-35)19-8-3-1-4-9-19/h1-6,8-11,14-15,17-18,25,28,38H,7,12H2,(H,37,39)(H,43,44). The summed E-state index contributed by atoms with van der Waals surface area (Å²) in [5, 5.41) is 42.9. The lowest BCUT2D eigenvalue weighted by molar-refractivity contribution is -0.183. The van der Waals surface area contributed by atoms with Gasteiger partial charge in [-0.15, -0.1) is 5.10 Å². The fourth-order valence-electron chi connectivity index (χ4n) is 4.76. The molecule has 2 heterocycles. The van der Waals surface area contributed by atoms with Crippen molar-refractivity contribution < 1.29 is 18.7 Å². The number of hydrogen-bond acceptors (Lipinski definition) is 8. The average molecular weight is 613 g/mol. The fourth-order valence-corrected chi connectivity index (χ4v) is 5.03. The number of nitriles is 2. The van der Waals surface area contributed by atoms with E-state index >= 15 is 0 Å². The van der Waals surface area contributed by atoms with Gasteiger partial charge in [-0.05, 0) is 29.7 Å². The molecule has 220 valence electrons. The number of rotatable bonds is 11. The van der Waals surface area contributed by atoms with Gasteiger partial charge in [0.25, 0.3) is 0 Å². The summed E-state index contributed by atoms with van der Waals surface area (Å²) < 4.78 is 28.4. The zero-order valence-corrected chi connectivity index (χ0v) is 23.6. The maximum atomic E-state index is 14.2. The van der Waals surface area contributed by atoms with Crippen molar-refractivity contribution in [3.63, 3.8) is 0 Å². The molecule has 0 amide bonds. The first-order chi connectivity index (χ1) is 21.2. The highest BCUT2D eigenvalue weighted by atomic mass is 35.5. The molecule has 10 nitrogen and oxygen atoms in total. The molecule has 5 aromatic rings. The van der Waals surface area contributed by atoms with Gasteiger partial charge in [0, 0.05) is 23.7 Å². The van der Waals surface area contributed by atoms with Crippen LogP contribution in [0.15, 0.2) is 85.2 Å². The molecule has 3 N–H and O–H groups in total. The van der Waals surface area contributed by atoms with E-state index in [-0.39, 0.29) is 33.4 Å². The van der Waals surface area contributed by atoms with Crippen LogP contribution in [0, 0.1) is 22.7 Å². The minimum atomic E-state index is -4.31. The Labute approximate surface area is 255 Å². The van der Waals surface area contributed by atoms with Crippen LogP contribution >= 0.6 is 11.6 Å². The van der Waals surface area contributed by atoms with Gasteiger partial charge < -0.3 is 15.7 Å². The summed E-state index contributed by atoms with van der Waals surface area (Å²) in [6, 6.07) is 20.5. The van der Waals surface area contributed by atoms with Crippen LogP contribution in [0.2, 0.25) is 5.02 Å². The van der Waals surface area contributed by atoms with Gasteiger partial charge in [0.05, 0.1) is 46.1 Å². The third-order valence-electron chi connectivity index (χ3n) is 6.91. The molecule has 0 saturated heterocycles. The number of hydrogen-bond donors (Lipinski definition) is 3. The van der Waals surface area contributed by atoms with Gasteiger partial charge in [-0.3, -0.25) is 4.98 Å². The first kappa shape index (κ1) is 29.9. The third kappa shape index (κ3) is 6.11. The molecule has 13 heteroatoms. The molecule has 2 aromatic heterocycles. The first-order valence-corrected chi connectivity index (χ1v) is 13.7. The van der Waals surface area contributed by atoms with Crippen molar-refractivity contribution in [2.24, 2.45) is 0 Å². The van der Waals surface area contributed by atoms with Crippen molar-refractivity contribution in [3.8, 4) is 12.1 Å². The highest BCUT2D eigenvalue weighted by Crippen LogP contribution is 2.37. The van der Waals surface area contributed by atoms with Gasteiger partial charge in [-0.2, -0.15) is 24.0 Å². The number of carbonyl (C=O) groups is 1. The Kier molecular flexibility index (Phi) is 8.65. The zero-order chi connectivity index (χ0) is 31.3. The molecular formula is C31H23ClF2N8O2. The number of benzene rings is 3. The minimum absolute atomic E-state index is 0.00818. The van der Waals surface area contributed by atoms with Gasteiger partial charge >= 0.3 is 12.0 Å². The molecule has 0 fully saturated rings. The summed E-state index contributed by atoms with van der Waals surface area (Å²) in [6.07, 6.45) is 3.02. The van der Waals surface area contributed by atoms with Crippen molar-refractivity contribution in [2.75, 3.05) is 10.6 Å². The fraction of sp³-hybridized carbons (Fsp3) is 0.161. The lowest BCUT2D eigenvalue weighted by Crippen LogP contribution is -2.33. The summed E-state index contributed by atoms with van der Waals surface area (Å²) in [5.74, 6) is -2.37. The van der Waals surface area contributed by atoms with Crippen LogP contribution in [-0.4, -0.2) is 31.1 Å². The lowest BCUT2D eigenvalue weighted by Gasteiger charge is -2.23. The summed E-state index contributed by atoms with van der Waals surface area (Å²) in [5.41, 5.74) is 3.12. The van der Waals surface area contributed by atoms with E-state index in [0.29, 0.717) is 34.3 Å². The van der Waals surface area contributed by atoms with Crippen LogP contribution in [0.25, 0.3) is 10.9 Å². The number of carboxylic acids is 1. The van der Waals surface area contributed by atoms with E-state index in [0.717, 1.165) is 11.8 Å². The number of alkyl halides is 2. The number of aromatic nitrogens is 4.